The standard InChI is InChI=1S/C10H15NO2.C2H6O4S/c1-3-11-7-5-6-9(8-11)10(12)13-4-2;1-2-6-7(3,4)5/h5-7H,3-4,8H2,1-2H3;2H2,1H3,(H,3,4,5). The van der Waals surface area contributed by atoms with Crippen molar-refractivity contribution >= 4 is 16.4 Å². The summed E-state index contributed by atoms with van der Waals surface area (Å²) in [6.45, 7) is 7.31. The highest BCUT2D eigenvalue weighted by atomic mass is 32.3. The first kappa shape index (κ1) is 18.6. The third kappa shape index (κ3) is 8.68. The molecule has 1 aliphatic heterocycles. The lowest BCUT2D eigenvalue weighted by molar-refractivity contribution is -0.138. The summed E-state index contributed by atoms with van der Waals surface area (Å²) in [6.07, 6.45) is 5.66. The van der Waals surface area contributed by atoms with Crippen molar-refractivity contribution in [2.45, 2.75) is 20.8 Å². The van der Waals surface area contributed by atoms with Crippen LogP contribution in [0.2, 0.25) is 0 Å². The summed E-state index contributed by atoms with van der Waals surface area (Å²) in [5, 5.41) is 0. The van der Waals surface area contributed by atoms with Gasteiger partial charge >= 0.3 is 16.4 Å². The first-order valence-electron chi connectivity index (χ1n) is 6.24. The predicted molar refractivity (Wildman–Crippen MR) is 74.3 cm³/mol. The molecule has 0 saturated carbocycles. The van der Waals surface area contributed by atoms with Gasteiger partial charge in [0.05, 0.1) is 18.8 Å². The third-order valence-electron chi connectivity index (χ3n) is 2.18. The molecule has 7 nitrogen and oxygen atoms in total. The second-order valence-corrected chi connectivity index (χ2v) is 4.74. The average molecular weight is 307 g/mol. The van der Waals surface area contributed by atoms with E-state index < -0.39 is 10.4 Å². The minimum Gasteiger partial charge on any atom is -0.463 e. The van der Waals surface area contributed by atoms with E-state index in [4.69, 9.17) is 9.29 Å². The van der Waals surface area contributed by atoms with Gasteiger partial charge in [0.2, 0.25) is 0 Å². The molecule has 0 saturated heterocycles. The summed E-state index contributed by atoms with van der Waals surface area (Å²) in [4.78, 5) is 13.4. The minimum atomic E-state index is -4.17. The van der Waals surface area contributed by atoms with Gasteiger partial charge in [-0.25, -0.2) is 8.98 Å². The van der Waals surface area contributed by atoms with Gasteiger partial charge in [0.15, 0.2) is 0 Å². The number of hydrogen-bond acceptors (Lipinski definition) is 6. The van der Waals surface area contributed by atoms with Crippen LogP contribution in [-0.2, 0) is 24.1 Å². The monoisotopic (exact) mass is 307 g/mol. The van der Waals surface area contributed by atoms with Crippen LogP contribution in [0.4, 0.5) is 0 Å². The first-order valence-corrected chi connectivity index (χ1v) is 7.60. The molecule has 0 aromatic rings. The van der Waals surface area contributed by atoms with Crippen LogP contribution in [0.5, 0.6) is 0 Å². The third-order valence-corrected chi connectivity index (χ3v) is 2.71. The Hall–Kier alpha value is -1.38. The number of likely N-dealkylation sites (N-methyl/N-ethyl adjacent to an activating group) is 1. The molecule has 0 atom stereocenters. The van der Waals surface area contributed by atoms with Gasteiger partial charge in [0.25, 0.3) is 0 Å². The van der Waals surface area contributed by atoms with E-state index >= 15 is 0 Å². The van der Waals surface area contributed by atoms with Crippen LogP contribution in [-0.4, -0.2) is 50.1 Å². The molecular weight excluding hydrogens is 286 g/mol. The Bertz CT molecular complexity index is 455. The van der Waals surface area contributed by atoms with Gasteiger partial charge in [-0.15, -0.1) is 0 Å². The number of hydrogen-bond donors (Lipinski definition) is 1. The lowest BCUT2D eigenvalue weighted by Crippen LogP contribution is -2.25. The molecule has 0 aromatic heterocycles. The summed E-state index contributed by atoms with van der Waals surface area (Å²) in [5.74, 6) is -0.203. The van der Waals surface area contributed by atoms with Crippen LogP contribution >= 0.6 is 0 Å². The van der Waals surface area contributed by atoms with E-state index in [2.05, 4.69) is 16.0 Å². The fraction of sp³-hybridized carbons (Fsp3) is 0.583. The number of ether oxygens (including phenoxy) is 1. The fourth-order valence-electron chi connectivity index (χ4n) is 1.33. The number of esters is 1. The SMILES string of the molecule is CCOC(=O)C1=CC=CN(CC)C1.CCOS(=O)(=O)O. The van der Waals surface area contributed by atoms with Crippen molar-refractivity contribution in [3.8, 4) is 0 Å². The highest BCUT2D eigenvalue weighted by molar-refractivity contribution is 7.80. The van der Waals surface area contributed by atoms with Crippen LogP contribution in [0.3, 0.4) is 0 Å². The summed E-state index contributed by atoms with van der Waals surface area (Å²) < 4.78 is 35.6. The smallest absolute Gasteiger partial charge is 0.397 e. The maximum atomic E-state index is 11.3. The van der Waals surface area contributed by atoms with Gasteiger partial charge in [-0.3, -0.25) is 4.55 Å². The number of carbonyl (C=O) groups is 1. The zero-order valence-corrected chi connectivity index (χ0v) is 12.7. The molecule has 116 valence electrons. The lowest BCUT2D eigenvalue weighted by atomic mass is 10.2. The van der Waals surface area contributed by atoms with Crippen LogP contribution in [0.15, 0.2) is 23.9 Å². The van der Waals surface area contributed by atoms with E-state index in [9.17, 15) is 13.2 Å². The molecule has 1 aliphatic rings. The number of allylic oxidation sites excluding steroid dienone is 2. The molecule has 0 spiro atoms. The summed E-state index contributed by atoms with van der Waals surface area (Å²) in [5.41, 5.74) is 0.728. The average Bonchev–Trinajstić information content (AvgIpc) is 2.38. The molecule has 0 fully saturated rings. The topological polar surface area (TPSA) is 93.1 Å². The Morgan fingerprint density at radius 1 is 1.35 bits per heavy atom. The molecule has 0 aromatic carbocycles. The molecule has 1 rings (SSSR count). The predicted octanol–water partition coefficient (Wildman–Crippen LogP) is 1.15. The molecule has 1 heterocycles. The van der Waals surface area contributed by atoms with Crippen LogP contribution in [0.1, 0.15) is 20.8 Å². The Morgan fingerprint density at radius 2 is 2.00 bits per heavy atom. The molecule has 0 bridgehead atoms. The molecular formula is C12H21NO6S. The van der Waals surface area contributed by atoms with Crippen molar-refractivity contribution in [1.29, 1.82) is 0 Å². The van der Waals surface area contributed by atoms with Crippen molar-refractivity contribution in [2.24, 2.45) is 0 Å². The maximum Gasteiger partial charge on any atom is 0.397 e. The zero-order chi connectivity index (χ0) is 15.6. The second kappa shape index (κ2) is 9.51. The molecule has 0 radical (unpaired) electrons. The second-order valence-electron chi connectivity index (χ2n) is 3.65. The highest BCUT2D eigenvalue weighted by Gasteiger charge is 2.13. The Kier molecular flexibility index (Phi) is 8.86. The first-order chi connectivity index (χ1) is 9.34. The van der Waals surface area contributed by atoms with Crippen LogP contribution < -0.4 is 0 Å². The Labute approximate surface area is 119 Å². The fourth-order valence-corrected chi connectivity index (χ4v) is 1.63. The van der Waals surface area contributed by atoms with Gasteiger partial charge in [-0.2, -0.15) is 8.42 Å². The van der Waals surface area contributed by atoms with Crippen LogP contribution in [0, 0.1) is 0 Å². The van der Waals surface area contributed by atoms with Crippen molar-refractivity contribution in [3.05, 3.63) is 23.9 Å². The molecule has 1 N–H and O–H groups in total. The minimum absolute atomic E-state index is 0.0289. The van der Waals surface area contributed by atoms with Crippen molar-refractivity contribution in [3.63, 3.8) is 0 Å². The van der Waals surface area contributed by atoms with E-state index in [1.165, 1.54) is 6.92 Å². The van der Waals surface area contributed by atoms with Gasteiger partial charge in [0, 0.05) is 13.1 Å². The quantitative estimate of drug-likeness (QED) is 0.601. The van der Waals surface area contributed by atoms with E-state index in [0.29, 0.717) is 13.2 Å². The Morgan fingerprint density at radius 3 is 2.40 bits per heavy atom. The van der Waals surface area contributed by atoms with Gasteiger partial charge in [-0.05, 0) is 39.1 Å². The van der Waals surface area contributed by atoms with Gasteiger partial charge < -0.3 is 9.64 Å². The molecule has 8 heteroatoms. The summed E-state index contributed by atoms with van der Waals surface area (Å²) >= 11 is 0. The van der Waals surface area contributed by atoms with E-state index in [0.717, 1.165) is 12.1 Å². The van der Waals surface area contributed by atoms with E-state index in [1.807, 2.05) is 25.3 Å². The largest absolute Gasteiger partial charge is 0.463 e. The van der Waals surface area contributed by atoms with Gasteiger partial charge in [-0.1, -0.05) is 0 Å². The van der Waals surface area contributed by atoms with Gasteiger partial charge in [0.1, 0.15) is 0 Å². The summed E-state index contributed by atoms with van der Waals surface area (Å²) in [6, 6.07) is 0. The normalized spacial score (nSPS) is 14.2. The molecule has 0 unspecified atom stereocenters. The molecule has 20 heavy (non-hydrogen) atoms. The van der Waals surface area contributed by atoms with E-state index in [1.54, 1.807) is 0 Å². The van der Waals surface area contributed by atoms with Crippen molar-refractivity contribution < 1.29 is 26.7 Å². The zero-order valence-electron chi connectivity index (χ0n) is 11.9. The highest BCUT2D eigenvalue weighted by Crippen LogP contribution is 2.08. The maximum absolute atomic E-state index is 11.3. The molecule has 0 aliphatic carbocycles. The number of carbonyl (C=O) groups excluding carboxylic acids is 1. The van der Waals surface area contributed by atoms with Crippen molar-refractivity contribution in [2.75, 3.05) is 26.3 Å². The van der Waals surface area contributed by atoms with Crippen LogP contribution in [0.25, 0.3) is 0 Å². The number of rotatable bonds is 5. The molecule has 0 amide bonds. The summed E-state index contributed by atoms with van der Waals surface area (Å²) in [7, 11) is -4.17. The van der Waals surface area contributed by atoms with E-state index in [-0.39, 0.29) is 12.6 Å². The van der Waals surface area contributed by atoms with Crippen molar-refractivity contribution in [1.82, 2.24) is 4.90 Å². The Balaban J connectivity index is 0.000000441. The number of nitrogens with zero attached hydrogens (tertiary/aromatic N) is 1. The lowest BCUT2D eigenvalue weighted by Gasteiger charge is -2.21.